The number of hydrogen-bond donors (Lipinski definition) is 0. The van der Waals surface area contributed by atoms with E-state index >= 15 is 0 Å². The second kappa shape index (κ2) is 5.02. The predicted octanol–water partition coefficient (Wildman–Crippen LogP) is 3.27. The van der Waals surface area contributed by atoms with E-state index in [2.05, 4.69) is 15.9 Å². The minimum Gasteiger partial charge on any atom is -0.308 e. The van der Waals surface area contributed by atoms with Crippen LogP contribution in [0.1, 0.15) is 36.8 Å². The first kappa shape index (κ1) is 13.3. The summed E-state index contributed by atoms with van der Waals surface area (Å²) < 4.78 is 4.29. The molecule has 6 heteroatoms. The van der Waals surface area contributed by atoms with Gasteiger partial charge < -0.3 is 4.57 Å². The number of hydrogen-bond acceptors (Lipinski definition) is 3. The molecule has 3 rings (SSSR count). The molecule has 1 aliphatic rings. The highest BCUT2D eigenvalue weighted by atomic mass is 35.5. The lowest BCUT2D eigenvalue weighted by Gasteiger charge is -2.22. The third-order valence-corrected chi connectivity index (χ3v) is 5.47. The fourth-order valence-corrected chi connectivity index (χ4v) is 4.42. The van der Waals surface area contributed by atoms with Crippen LogP contribution in [0, 0.1) is 6.92 Å². The van der Waals surface area contributed by atoms with Crippen LogP contribution in [0.4, 0.5) is 0 Å². The SMILES string of the molecule is CSC1CCCC1n1c(CCl)nc2c(C)nn(C)c21. The molecule has 0 aliphatic heterocycles. The number of nitrogens with zero attached hydrogens (tertiary/aromatic N) is 4. The summed E-state index contributed by atoms with van der Waals surface area (Å²) in [7, 11) is 1.99. The van der Waals surface area contributed by atoms with Gasteiger partial charge in [0.05, 0.1) is 11.6 Å². The van der Waals surface area contributed by atoms with E-state index in [1.807, 2.05) is 30.4 Å². The van der Waals surface area contributed by atoms with Crippen molar-refractivity contribution in [1.29, 1.82) is 0 Å². The fraction of sp³-hybridized carbons (Fsp3) is 0.692. The maximum atomic E-state index is 6.11. The summed E-state index contributed by atoms with van der Waals surface area (Å²) in [6.07, 6.45) is 5.98. The lowest BCUT2D eigenvalue weighted by atomic mass is 10.2. The lowest BCUT2D eigenvalue weighted by Crippen LogP contribution is -2.19. The van der Waals surface area contributed by atoms with Crippen LogP contribution in [0.2, 0.25) is 0 Å². The van der Waals surface area contributed by atoms with Crippen molar-refractivity contribution < 1.29 is 0 Å². The average molecular weight is 299 g/mol. The predicted molar refractivity (Wildman–Crippen MR) is 81.0 cm³/mol. The van der Waals surface area contributed by atoms with Gasteiger partial charge in [0.25, 0.3) is 0 Å². The molecule has 0 amide bonds. The van der Waals surface area contributed by atoms with Gasteiger partial charge in [-0.1, -0.05) is 6.42 Å². The Kier molecular flexibility index (Phi) is 3.52. The number of rotatable bonds is 3. The van der Waals surface area contributed by atoms with Crippen molar-refractivity contribution in [3.8, 4) is 0 Å². The van der Waals surface area contributed by atoms with E-state index in [-0.39, 0.29) is 0 Å². The molecule has 2 unspecified atom stereocenters. The highest BCUT2D eigenvalue weighted by molar-refractivity contribution is 7.99. The van der Waals surface area contributed by atoms with Crippen LogP contribution < -0.4 is 0 Å². The van der Waals surface area contributed by atoms with Crippen molar-refractivity contribution in [3.63, 3.8) is 0 Å². The largest absolute Gasteiger partial charge is 0.308 e. The minimum absolute atomic E-state index is 0.464. The zero-order chi connectivity index (χ0) is 13.6. The lowest BCUT2D eigenvalue weighted by molar-refractivity contribution is 0.515. The van der Waals surface area contributed by atoms with E-state index in [0.717, 1.165) is 22.7 Å². The van der Waals surface area contributed by atoms with Crippen molar-refractivity contribution >= 4 is 34.5 Å². The van der Waals surface area contributed by atoms with Gasteiger partial charge in [0, 0.05) is 18.3 Å². The van der Waals surface area contributed by atoms with E-state index < -0.39 is 0 Å². The first-order valence-electron chi connectivity index (χ1n) is 6.66. The van der Waals surface area contributed by atoms with Gasteiger partial charge in [-0.3, -0.25) is 4.68 Å². The summed E-state index contributed by atoms with van der Waals surface area (Å²) in [6.45, 7) is 2.01. The van der Waals surface area contributed by atoms with Gasteiger partial charge >= 0.3 is 0 Å². The molecule has 4 nitrogen and oxygen atoms in total. The Morgan fingerprint density at radius 3 is 2.89 bits per heavy atom. The molecule has 2 aromatic heterocycles. The summed E-state index contributed by atoms with van der Waals surface area (Å²) in [5.74, 6) is 1.45. The molecule has 0 spiro atoms. The molecule has 2 atom stereocenters. The van der Waals surface area contributed by atoms with E-state index in [4.69, 9.17) is 16.6 Å². The summed E-state index contributed by atoms with van der Waals surface area (Å²) in [4.78, 5) is 4.70. The molecule has 2 heterocycles. The number of fused-ring (bicyclic) bond motifs is 1. The van der Waals surface area contributed by atoms with Gasteiger partial charge in [-0.25, -0.2) is 4.98 Å². The number of aryl methyl sites for hydroxylation is 2. The quantitative estimate of drug-likeness (QED) is 0.816. The first-order valence-corrected chi connectivity index (χ1v) is 8.48. The van der Waals surface area contributed by atoms with Crippen molar-refractivity contribution in [3.05, 3.63) is 11.5 Å². The van der Waals surface area contributed by atoms with Gasteiger partial charge in [-0.15, -0.1) is 11.6 Å². The van der Waals surface area contributed by atoms with Crippen LogP contribution in [0.15, 0.2) is 0 Å². The van der Waals surface area contributed by atoms with Gasteiger partial charge in [-0.2, -0.15) is 16.9 Å². The van der Waals surface area contributed by atoms with E-state index in [1.54, 1.807) is 0 Å². The molecule has 19 heavy (non-hydrogen) atoms. The maximum absolute atomic E-state index is 6.11. The monoisotopic (exact) mass is 298 g/mol. The molecule has 0 bridgehead atoms. The highest BCUT2D eigenvalue weighted by Crippen LogP contribution is 2.40. The van der Waals surface area contributed by atoms with Crippen LogP contribution >= 0.6 is 23.4 Å². The average Bonchev–Trinajstić information content (AvgIpc) is 3.06. The molecule has 0 aromatic carbocycles. The Balaban J connectivity index is 2.20. The molecular weight excluding hydrogens is 280 g/mol. The molecule has 1 aliphatic carbocycles. The fourth-order valence-electron chi connectivity index (χ4n) is 3.26. The van der Waals surface area contributed by atoms with Crippen molar-refractivity contribution in [2.75, 3.05) is 6.26 Å². The summed E-state index contributed by atoms with van der Waals surface area (Å²) in [6, 6.07) is 0.503. The van der Waals surface area contributed by atoms with Crippen molar-refractivity contribution in [2.45, 2.75) is 43.4 Å². The standard InChI is InChI=1S/C13H19ClN4S/c1-8-12-13(17(2)16-8)18(11(7-14)15-12)9-5-4-6-10(9)19-3/h9-10H,4-7H2,1-3H3. The first-order chi connectivity index (χ1) is 9.17. The molecular formula is C13H19ClN4S. The molecule has 0 radical (unpaired) electrons. The van der Waals surface area contributed by atoms with E-state index in [1.165, 1.54) is 19.3 Å². The van der Waals surface area contributed by atoms with Gasteiger partial charge in [0.15, 0.2) is 5.65 Å². The molecule has 2 aromatic rings. The van der Waals surface area contributed by atoms with Crippen LogP contribution in [-0.2, 0) is 12.9 Å². The normalized spacial score (nSPS) is 23.6. The Labute approximate surface area is 122 Å². The minimum atomic E-state index is 0.464. The Hall–Kier alpha value is -0.680. The van der Waals surface area contributed by atoms with Gasteiger partial charge in [0.1, 0.15) is 11.3 Å². The number of aromatic nitrogens is 4. The third-order valence-electron chi connectivity index (χ3n) is 4.08. The summed E-state index contributed by atoms with van der Waals surface area (Å²) in [5.41, 5.74) is 3.12. The Bertz CT molecular complexity index is 603. The topological polar surface area (TPSA) is 35.6 Å². The van der Waals surface area contributed by atoms with Gasteiger partial charge in [-0.05, 0) is 26.0 Å². The van der Waals surface area contributed by atoms with Gasteiger partial charge in [0.2, 0.25) is 0 Å². The Morgan fingerprint density at radius 1 is 1.42 bits per heavy atom. The number of imidazole rings is 1. The molecule has 1 saturated carbocycles. The molecule has 1 fully saturated rings. The maximum Gasteiger partial charge on any atom is 0.158 e. The van der Waals surface area contributed by atoms with Crippen LogP contribution in [0.3, 0.4) is 0 Å². The smallest absolute Gasteiger partial charge is 0.158 e. The zero-order valence-corrected chi connectivity index (χ0v) is 13.1. The van der Waals surface area contributed by atoms with Crippen molar-refractivity contribution in [1.82, 2.24) is 19.3 Å². The second-order valence-electron chi connectivity index (χ2n) is 5.19. The van der Waals surface area contributed by atoms with Crippen LogP contribution in [0.25, 0.3) is 11.2 Å². The molecule has 0 saturated heterocycles. The highest BCUT2D eigenvalue weighted by Gasteiger charge is 2.32. The van der Waals surface area contributed by atoms with E-state index in [0.29, 0.717) is 17.2 Å². The zero-order valence-electron chi connectivity index (χ0n) is 11.6. The number of thioether (sulfide) groups is 1. The van der Waals surface area contributed by atoms with E-state index in [9.17, 15) is 0 Å². The third kappa shape index (κ3) is 1.98. The second-order valence-corrected chi connectivity index (χ2v) is 6.53. The van der Waals surface area contributed by atoms with Crippen LogP contribution in [-0.4, -0.2) is 30.8 Å². The molecule has 104 valence electrons. The summed E-state index contributed by atoms with van der Waals surface area (Å²) in [5, 5.41) is 5.15. The van der Waals surface area contributed by atoms with Crippen LogP contribution in [0.5, 0.6) is 0 Å². The molecule has 0 N–H and O–H groups in total. The number of halogens is 1. The van der Waals surface area contributed by atoms with Crippen molar-refractivity contribution in [2.24, 2.45) is 7.05 Å². The Morgan fingerprint density at radius 2 is 2.21 bits per heavy atom. The number of alkyl halides is 1. The summed E-state index contributed by atoms with van der Waals surface area (Å²) >= 11 is 8.07.